The molecule has 9 nitrogen and oxygen atoms in total. The number of imidazole rings is 1. The van der Waals surface area contributed by atoms with Crippen LogP contribution in [-0.4, -0.2) is 64.3 Å². The Labute approximate surface area is 209 Å². The highest BCUT2D eigenvalue weighted by Crippen LogP contribution is 2.43. The van der Waals surface area contributed by atoms with Crippen molar-refractivity contribution in [3.05, 3.63) is 23.7 Å². The van der Waals surface area contributed by atoms with Crippen molar-refractivity contribution in [2.24, 2.45) is 23.0 Å². The minimum absolute atomic E-state index is 0.0905. The summed E-state index contributed by atoms with van der Waals surface area (Å²) in [5, 5.41) is 16.5. The first kappa shape index (κ1) is 27.0. The summed E-state index contributed by atoms with van der Waals surface area (Å²) in [6, 6.07) is 0.941. The van der Waals surface area contributed by atoms with Gasteiger partial charge in [0.15, 0.2) is 11.1 Å². The smallest absolute Gasteiger partial charge is 0.393 e. The van der Waals surface area contributed by atoms with Crippen LogP contribution in [-0.2, 0) is 16.0 Å². The van der Waals surface area contributed by atoms with Gasteiger partial charge in [-0.05, 0) is 25.2 Å². The summed E-state index contributed by atoms with van der Waals surface area (Å²) in [5.74, 6) is -7.61. The molecule has 37 heavy (non-hydrogen) atoms. The third-order valence-electron chi connectivity index (χ3n) is 7.50. The largest absolute Gasteiger partial charge is 0.480 e. The molecule has 0 aromatic carbocycles. The molecule has 1 aliphatic heterocycles. The Morgan fingerprint density at radius 3 is 2.54 bits per heavy atom. The van der Waals surface area contributed by atoms with Crippen molar-refractivity contribution >= 4 is 23.2 Å². The van der Waals surface area contributed by atoms with E-state index in [-0.39, 0.29) is 37.3 Å². The van der Waals surface area contributed by atoms with Crippen LogP contribution in [0.25, 0.3) is 5.65 Å². The number of anilines is 1. The lowest BCUT2D eigenvalue weighted by Gasteiger charge is -2.37. The van der Waals surface area contributed by atoms with Crippen molar-refractivity contribution in [2.45, 2.75) is 56.7 Å². The number of carboxylic acid groups (broad SMARTS) is 1. The summed E-state index contributed by atoms with van der Waals surface area (Å²) in [7, 11) is 3.28. The van der Waals surface area contributed by atoms with Crippen LogP contribution in [0, 0.1) is 17.3 Å². The Balaban J connectivity index is 1.69. The summed E-state index contributed by atoms with van der Waals surface area (Å²) < 4.78 is 68.9. The maximum atomic E-state index is 13.6. The van der Waals surface area contributed by atoms with Crippen molar-refractivity contribution in [2.75, 3.05) is 25.5 Å². The summed E-state index contributed by atoms with van der Waals surface area (Å²) in [5.41, 5.74) is 5.18. The first-order valence-electron chi connectivity index (χ1n) is 11.9. The minimum atomic E-state index is -4.69. The number of rotatable bonds is 6. The van der Waals surface area contributed by atoms with E-state index >= 15 is 0 Å². The molecular formula is C23H29F5N6O3. The van der Waals surface area contributed by atoms with Crippen LogP contribution < -0.4 is 16.0 Å². The van der Waals surface area contributed by atoms with Gasteiger partial charge in [0.1, 0.15) is 0 Å². The minimum Gasteiger partial charge on any atom is -0.480 e. The fraction of sp³-hybridized carbons (Fsp3) is 0.652. The predicted molar refractivity (Wildman–Crippen MR) is 122 cm³/mol. The Kier molecular flexibility index (Phi) is 6.84. The number of nitrogens with two attached hydrogens (primary N) is 1. The number of nitrogens with zero attached hydrogens (tertiary/aromatic N) is 4. The second kappa shape index (κ2) is 9.37. The maximum absolute atomic E-state index is 13.6. The molecular weight excluding hydrogens is 503 g/mol. The summed E-state index contributed by atoms with van der Waals surface area (Å²) >= 11 is 0. The highest BCUT2D eigenvalue weighted by Gasteiger charge is 2.56. The lowest BCUT2D eigenvalue weighted by Crippen LogP contribution is -2.57. The molecule has 1 saturated carbocycles. The topological polar surface area (TPSA) is 126 Å². The van der Waals surface area contributed by atoms with E-state index < -0.39 is 60.7 Å². The molecule has 204 valence electrons. The number of aromatic nitrogens is 3. The molecule has 4 rings (SSSR count). The van der Waals surface area contributed by atoms with E-state index in [1.807, 2.05) is 0 Å². The second-order valence-corrected chi connectivity index (χ2v) is 10.3. The number of fused-ring (bicyclic) bond motifs is 1. The van der Waals surface area contributed by atoms with E-state index in [1.165, 1.54) is 10.7 Å². The molecule has 2 fully saturated rings. The predicted octanol–water partition coefficient (Wildman–Crippen LogP) is 2.93. The van der Waals surface area contributed by atoms with Crippen LogP contribution in [0.15, 0.2) is 12.3 Å². The molecule has 2 aromatic heterocycles. The molecule has 0 spiro atoms. The van der Waals surface area contributed by atoms with Crippen molar-refractivity contribution in [1.29, 1.82) is 0 Å². The number of hydrogen-bond acceptors (Lipinski definition) is 6. The molecule has 0 unspecified atom stereocenters. The molecule has 4 N–H and O–H groups in total. The Morgan fingerprint density at radius 2 is 1.97 bits per heavy atom. The van der Waals surface area contributed by atoms with Crippen LogP contribution >= 0.6 is 0 Å². The third kappa shape index (κ3) is 5.20. The Morgan fingerprint density at radius 1 is 1.32 bits per heavy atom. The molecule has 3 atom stereocenters. The number of aliphatic carboxylic acids is 1. The maximum Gasteiger partial charge on any atom is 0.393 e. The van der Waals surface area contributed by atoms with Crippen LogP contribution in [0.5, 0.6) is 0 Å². The Bertz CT molecular complexity index is 1190. The molecule has 0 radical (unpaired) electrons. The first-order chi connectivity index (χ1) is 17.1. The molecule has 2 aromatic rings. The molecule has 0 bridgehead atoms. The van der Waals surface area contributed by atoms with E-state index in [0.29, 0.717) is 17.0 Å². The van der Waals surface area contributed by atoms with Gasteiger partial charge in [0.05, 0.1) is 35.2 Å². The van der Waals surface area contributed by atoms with Crippen LogP contribution in [0.3, 0.4) is 0 Å². The van der Waals surface area contributed by atoms with Gasteiger partial charge in [-0.2, -0.15) is 18.3 Å². The number of carboxylic acids is 1. The van der Waals surface area contributed by atoms with Crippen LogP contribution in [0.2, 0.25) is 0 Å². The highest BCUT2D eigenvalue weighted by molar-refractivity contribution is 6.03. The summed E-state index contributed by atoms with van der Waals surface area (Å²) in [4.78, 5) is 31.0. The van der Waals surface area contributed by atoms with E-state index in [9.17, 15) is 36.6 Å². The van der Waals surface area contributed by atoms with E-state index in [4.69, 9.17) is 5.73 Å². The normalized spacial score (nSPS) is 25.6. The van der Waals surface area contributed by atoms with Crippen molar-refractivity contribution in [3.63, 3.8) is 0 Å². The number of alkyl halides is 5. The van der Waals surface area contributed by atoms with E-state index in [2.05, 4.69) is 15.4 Å². The van der Waals surface area contributed by atoms with Gasteiger partial charge in [0, 0.05) is 46.0 Å². The van der Waals surface area contributed by atoms with Gasteiger partial charge in [-0.15, -0.1) is 0 Å². The first-order valence-corrected chi connectivity index (χ1v) is 11.9. The van der Waals surface area contributed by atoms with Crippen LogP contribution in [0.1, 0.15) is 49.5 Å². The Hall–Kier alpha value is -3.03. The third-order valence-corrected chi connectivity index (χ3v) is 7.50. The summed E-state index contributed by atoms with van der Waals surface area (Å²) in [6.45, 7) is -0.694. The molecule has 3 heterocycles. The number of halogens is 5. The quantitative estimate of drug-likeness (QED) is 0.386. The molecule has 14 heteroatoms. The number of carbonyl (C=O) groups excluding carboxylic acids is 1. The molecule has 2 aliphatic rings. The SMILES string of the molecule is CN(C)c1cc2nc([C@@H](N)C3CCC(F)(F)CC3)cn2nc1C[C@@]1(C(=O)O)C[C@@H](C(F)(F)F)CNC1=O. The number of hydrogen-bond donors (Lipinski definition) is 3. The van der Waals surface area contributed by atoms with Gasteiger partial charge in [-0.3, -0.25) is 9.59 Å². The molecule has 1 aliphatic carbocycles. The van der Waals surface area contributed by atoms with Gasteiger partial charge in [0.25, 0.3) is 0 Å². The standard InChI is InChI=1S/C23H29F5N6O3/c1-33(2)16-7-17-31-15(18(29)12-3-5-22(24,25)6-4-12)11-34(17)32-14(16)9-21(20(36)37)8-13(23(26,27)28)10-30-19(21)35/h7,11-13,18H,3-6,8-10,29H2,1-2H3,(H,30,35)(H,36,37)/t13-,18+,21+/m1/s1. The zero-order valence-corrected chi connectivity index (χ0v) is 20.4. The number of amides is 1. The van der Waals surface area contributed by atoms with E-state index in [0.717, 1.165) is 0 Å². The molecule has 1 amide bonds. The van der Waals surface area contributed by atoms with Crippen molar-refractivity contribution in [1.82, 2.24) is 19.9 Å². The monoisotopic (exact) mass is 532 g/mol. The van der Waals surface area contributed by atoms with Gasteiger partial charge in [-0.1, -0.05) is 0 Å². The second-order valence-electron chi connectivity index (χ2n) is 10.3. The van der Waals surface area contributed by atoms with Crippen LogP contribution in [0.4, 0.5) is 27.6 Å². The number of piperidine rings is 1. The number of carbonyl (C=O) groups is 2. The fourth-order valence-corrected chi connectivity index (χ4v) is 5.21. The number of nitrogens with one attached hydrogen (secondary N) is 1. The van der Waals surface area contributed by atoms with Gasteiger partial charge in [0.2, 0.25) is 11.8 Å². The fourth-order valence-electron chi connectivity index (χ4n) is 5.21. The average molecular weight is 533 g/mol. The lowest BCUT2D eigenvalue weighted by molar-refractivity contribution is -0.194. The van der Waals surface area contributed by atoms with Gasteiger partial charge >= 0.3 is 12.1 Å². The van der Waals surface area contributed by atoms with Crippen molar-refractivity contribution < 1.29 is 36.6 Å². The van der Waals surface area contributed by atoms with Gasteiger partial charge < -0.3 is 21.1 Å². The van der Waals surface area contributed by atoms with Gasteiger partial charge in [-0.25, -0.2) is 18.3 Å². The lowest BCUT2D eigenvalue weighted by atomic mass is 9.72. The van der Waals surface area contributed by atoms with Crippen molar-refractivity contribution in [3.8, 4) is 0 Å². The zero-order chi connectivity index (χ0) is 27.3. The molecule has 1 saturated heterocycles. The zero-order valence-electron chi connectivity index (χ0n) is 20.4. The van der Waals surface area contributed by atoms with E-state index in [1.54, 1.807) is 25.1 Å². The highest BCUT2D eigenvalue weighted by atomic mass is 19.4. The summed E-state index contributed by atoms with van der Waals surface area (Å²) in [6.07, 6.45) is -4.73. The average Bonchev–Trinajstić information content (AvgIpc) is 3.21.